The van der Waals surface area contributed by atoms with E-state index < -0.39 is 0 Å². The molecule has 1 heterocycles. The quantitative estimate of drug-likeness (QED) is 0.586. The van der Waals surface area contributed by atoms with Crippen LogP contribution in [-0.4, -0.2) is 4.98 Å². The summed E-state index contributed by atoms with van der Waals surface area (Å²) in [5, 5.41) is 1.53. The number of halogens is 1. The molecule has 0 aliphatic carbocycles. The van der Waals surface area contributed by atoms with Gasteiger partial charge in [0.15, 0.2) is 0 Å². The lowest BCUT2D eigenvalue weighted by Gasteiger charge is -2.04. The zero-order valence-corrected chi connectivity index (χ0v) is 11.4. The zero-order valence-electron chi connectivity index (χ0n) is 9.85. The topological polar surface area (TPSA) is 17.2 Å². The van der Waals surface area contributed by atoms with Gasteiger partial charge < -0.3 is 0 Å². The van der Waals surface area contributed by atoms with Crippen molar-refractivity contribution in [2.45, 2.75) is 17.7 Å². The molecule has 2 nitrogen and oxygen atoms in total. The minimum atomic E-state index is 0.611. The van der Waals surface area contributed by atoms with E-state index in [-0.39, 0.29) is 0 Å². The van der Waals surface area contributed by atoms with Gasteiger partial charge in [-0.1, -0.05) is 35.9 Å². The second kappa shape index (κ2) is 5.90. The van der Waals surface area contributed by atoms with Crippen molar-refractivity contribution in [1.82, 2.24) is 4.98 Å². The summed E-state index contributed by atoms with van der Waals surface area (Å²) in [6.45, 7) is 9.05. The minimum absolute atomic E-state index is 0.611. The van der Waals surface area contributed by atoms with Crippen molar-refractivity contribution in [3.63, 3.8) is 0 Å². The zero-order chi connectivity index (χ0) is 13.0. The van der Waals surface area contributed by atoms with Crippen LogP contribution in [-0.2, 0) is 5.75 Å². The molecule has 0 aliphatic rings. The van der Waals surface area contributed by atoms with Gasteiger partial charge in [0.2, 0.25) is 5.69 Å². The molecule has 90 valence electrons. The molecule has 0 spiro atoms. The Labute approximate surface area is 116 Å². The smallest absolute Gasteiger partial charge is 0.218 e. The molecule has 0 fully saturated rings. The Morgan fingerprint density at radius 3 is 2.61 bits per heavy atom. The van der Waals surface area contributed by atoms with Crippen molar-refractivity contribution in [1.29, 1.82) is 0 Å². The Bertz CT molecular complexity index is 588. The van der Waals surface area contributed by atoms with Crippen LogP contribution in [0.4, 0.5) is 5.69 Å². The van der Waals surface area contributed by atoms with Crippen LogP contribution < -0.4 is 0 Å². The number of thioether (sulfide) groups is 1. The first kappa shape index (κ1) is 12.9. The van der Waals surface area contributed by atoms with E-state index in [0.717, 1.165) is 21.5 Å². The number of aromatic nitrogens is 1. The molecular formula is C14H11ClN2S. The summed E-state index contributed by atoms with van der Waals surface area (Å²) in [6, 6.07) is 11.4. The summed E-state index contributed by atoms with van der Waals surface area (Å²) in [7, 11) is 0. The van der Waals surface area contributed by atoms with E-state index in [1.54, 1.807) is 11.8 Å². The highest BCUT2D eigenvalue weighted by Gasteiger charge is 2.05. The first-order valence-electron chi connectivity index (χ1n) is 5.41. The van der Waals surface area contributed by atoms with Gasteiger partial charge in [0, 0.05) is 16.5 Å². The van der Waals surface area contributed by atoms with Crippen molar-refractivity contribution >= 4 is 29.1 Å². The molecule has 0 radical (unpaired) electrons. The van der Waals surface area contributed by atoms with E-state index in [9.17, 15) is 0 Å². The summed E-state index contributed by atoms with van der Waals surface area (Å²) >= 11 is 7.42. The molecule has 0 atom stereocenters. The van der Waals surface area contributed by atoms with Crippen LogP contribution in [0.1, 0.15) is 11.3 Å². The van der Waals surface area contributed by atoms with Crippen LogP contribution >= 0.6 is 23.4 Å². The van der Waals surface area contributed by atoms with Crippen LogP contribution in [0.2, 0.25) is 5.02 Å². The van der Waals surface area contributed by atoms with Gasteiger partial charge in [-0.3, -0.25) is 4.98 Å². The number of hydrogen-bond acceptors (Lipinski definition) is 2. The Hall–Kier alpha value is -1.50. The number of nitrogens with zero attached hydrogens (tertiary/aromatic N) is 2. The fraction of sp³-hybridized carbons (Fsp3) is 0.143. The standard InChI is InChI=1S/C14H11ClN2S/c1-10-3-8-13(16-2)14(17-10)18-9-11-4-6-12(15)7-5-11/h3-8H,9H2,1H3. The predicted molar refractivity (Wildman–Crippen MR) is 76.2 cm³/mol. The highest BCUT2D eigenvalue weighted by molar-refractivity contribution is 7.98. The largest absolute Gasteiger partial charge is 0.259 e. The maximum Gasteiger partial charge on any atom is 0.218 e. The summed E-state index contributed by atoms with van der Waals surface area (Å²) in [5.74, 6) is 0.788. The number of rotatable bonds is 3. The SMILES string of the molecule is [C-]#[N+]c1ccc(C)nc1SCc1ccc(Cl)cc1. The van der Waals surface area contributed by atoms with E-state index in [4.69, 9.17) is 18.2 Å². The fourth-order valence-corrected chi connectivity index (χ4v) is 2.54. The van der Waals surface area contributed by atoms with Gasteiger partial charge in [-0.15, -0.1) is 11.8 Å². The average Bonchev–Trinajstić information content (AvgIpc) is 2.38. The van der Waals surface area contributed by atoms with E-state index in [2.05, 4.69) is 9.83 Å². The Kier molecular flexibility index (Phi) is 4.24. The van der Waals surface area contributed by atoms with Crippen molar-refractivity contribution in [3.8, 4) is 0 Å². The van der Waals surface area contributed by atoms with E-state index in [1.807, 2.05) is 43.3 Å². The lowest BCUT2D eigenvalue weighted by Crippen LogP contribution is -1.86. The van der Waals surface area contributed by atoms with Crippen molar-refractivity contribution in [3.05, 3.63) is 64.1 Å². The van der Waals surface area contributed by atoms with E-state index in [0.29, 0.717) is 5.69 Å². The molecule has 4 heteroatoms. The molecule has 0 amide bonds. The third kappa shape index (κ3) is 3.25. The summed E-state index contributed by atoms with van der Waals surface area (Å²) < 4.78 is 0. The maximum atomic E-state index is 7.12. The molecule has 0 saturated heterocycles. The molecule has 2 aromatic rings. The molecular weight excluding hydrogens is 264 g/mol. The van der Waals surface area contributed by atoms with Gasteiger partial charge in [0.1, 0.15) is 5.03 Å². The van der Waals surface area contributed by atoms with E-state index >= 15 is 0 Å². The lowest BCUT2D eigenvalue weighted by molar-refractivity contribution is 1.07. The number of hydrogen-bond donors (Lipinski definition) is 0. The van der Waals surface area contributed by atoms with Crippen LogP contribution in [0.25, 0.3) is 4.85 Å². The maximum absolute atomic E-state index is 7.12. The van der Waals surface area contributed by atoms with Gasteiger partial charge in [0.25, 0.3) is 0 Å². The van der Waals surface area contributed by atoms with Gasteiger partial charge in [-0.05, 0) is 24.6 Å². The van der Waals surface area contributed by atoms with Crippen LogP contribution in [0.5, 0.6) is 0 Å². The summed E-state index contributed by atoms with van der Waals surface area (Å²) in [5.41, 5.74) is 2.71. The normalized spacial score (nSPS) is 10.1. The Morgan fingerprint density at radius 2 is 1.94 bits per heavy atom. The molecule has 2 rings (SSSR count). The highest BCUT2D eigenvalue weighted by Crippen LogP contribution is 2.30. The van der Waals surface area contributed by atoms with Gasteiger partial charge in [0.05, 0.1) is 6.57 Å². The van der Waals surface area contributed by atoms with Crippen molar-refractivity contribution in [2.24, 2.45) is 0 Å². The molecule has 18 heavy (non-hydrogen) atoms. The molecule has 1 aromatic carbocycles. The van der Waals surface area contributed by atoms with Crippen LogP contribution in [0, 0.1) is 13.5 Å². The van der Waals surface area contributed by atoms with Gasteiger partial charge >= 0.3 is 0 Å². The Morgan fingerprint density at radius 1 is 1.22 bits per heavy atom. The summed E-state index contributed by atoms with van der Waals surface area (Å²) in [6.07, 6.45) is 0. The molecule has 1 aromatic heterocycles. The molecule has 0 unspecified atom stereocenters. The highest BCUT2D eigenvalue weighted by atomic mass is 35.5. The van der Waals surface area contributed by atoms with Crippen molar-refractivity contribution in [2.75, 3.05) is 0 Å². The number of aryl methyl sites for hydroxylation is 1. The lowest BCUT2D eigenvalue weighted by atomic mass is 10.2. The third-order valence-electron chi connectivity index (χ3n) is 2.39. The summed E-state index contributed by atoms with van der Waals surface area (Å²) in [4.78, 5) is 7.88. The van der Waals surface area contributed by atoms with Crippen LogP contribution in [0.3, 0.4) is 0 Å². The predicted octanol–water partition coefficient (Wildman–Crippen LogP) is 4.89. The van der Waals surface area contributed by atoms with Gasteiger partial charge in [-0.25, -0.2) is 4.85 Å². The van der Waals surface area contributed by atoms with E-state index in [1.165, 1.54) is 5.56 Å². The van der Waals surface area contributed by atoms with Crippen LogP contribution in [0.15, 0.2) is 41.4 Å². The Balaban J connectivity index is 2.13. The fourth-order valence-electron chi connectivity index (χ4n) is 1.45. The van der Waals surface area contributed by atoms with Gasteiger partial charge in [-0.2, -0.15) is 0 Å². The van der Waals surface area contributed by atoms with Crippen molar-refractivity contribution < 1.29 is 0 Å². The second-order valence-corrected chi connectivity index (χ2v) is 5.20. The molecule has 0 N–H and O–H groups in total. The minimum Gasteiger partial charge on any atom is -0.259 e. The average molecular weight is 275 g/mol. The second-order valence-electron chi connectivity index (χ2n) is 3.80. The molecule has 0 bridgehead atoms. The monoisotopic (exact) mass is 274 g/mol. The first-order chi connectivity index (χ1) is 8.69. The third-order valence-corrected chi connectivity index (χ3v) is 3.69. The molecule has 0 saturated carbocycles. The molecule has 0 aliphatic heterocycles. The first-order valence-corrected chi connectivity index (χ1v) is 6.78. The number of pyridine rings is 1. The number of benzene rings is 1.